The van der Waals surface area contributed by atoms with E-state index in [1.807, 2.05) is 6.92 Å². The van der Waals surface area contributed by atoms with Crippen molar-refractivity contribution in [2.75, 3.05) is 13.1 Å². The number of rotatable bonds is 5. The summed E-state index contributed by atoms with van der Waals surface area (Å²) in [5.41, 5.74) is -0.0196. The molecule has 0 bridgehead atoms. The monoisotopic (exact) mass is 378 g/mol. The molecule has 1 aliphatic rings. The van der Waals surface area contributed by atoms with Gasteiger partial charge in [0.05, 0.1) is 4.90 Å². The third kappa shape index (κ3) is 4.94. The fraction of sp³-hybridized carbons (Fsp3) is 0.562. The molecule has 1 unspecified atom stereocenters. The summed E-state index contributed by atoms with van der Waals surface area (Å²) in [6, 6.07) is 4.93. The van der Waals surface area contributed by atoms with Crippen molar-refractivity contribution in [3.05, 3.63) is 29.8 Å². The summed E-state index contributed by atoms with van der Waals surface area (Å²) in [7, 11) is -3.68. The molecule has 0 saturated carbocycles. The maximum atomic E-state index is 12.8. The Labute approximate surface area is 145 Å². The second-order valence-corrected chi connectivity index (χ2v) is 7.89. The molecule has 1 amide bonds. The quantitative estimate of drug-likeness (QED) is 0.857. The van der Waals surface area contributed by atoms with Crippen molar-refractivity contribution in [2.24, 2.45) is 0 Å². The van der Waals surface area contributed by atoms with E-state index in [-0.39, 0.29) is 16.5 Å². The SMILES string of the molecule is CCC1CCCCN1S(=O)(=O)c1ccc(C(=O)NCC(F)(F)F)cc1. The molecule has 0 radical (unpaired) electrons. The molecule has 1 aromatic rings. The maximum absolute atomic E-state index is 12.8. The van der Waals surface area contributed by atoms with Gasteiger partial charge in [-0.25, -0.2) is 8.42 Å². The van der Waals surface area contributed by atoms with Crippen molar-refractivity contribution in [3.8, 4) is 0 Å². The number of alkyl halides is 3. The van der Waals surface area contributed by atoms with Crippen LogP contribution in [0.15, 0.2) is 29.2 Å². The lowest BCUT2D eigenvalue weighted by Gasteiger charge is -2.34. The van der Waals surface area contributed by atoms with Crippen LogP contribution < -0.4 is 5.32 Å². The third-order valence-corrected chi connectivity index (χ3v) is 6.18. The van der Waals surface area contributed by atoms with Gasteiger partial charge in [0.15, 0.2) is 0 Å². The minimum atomic E-state index is -4.50. The summed E-state index contributed by atoms with van der Waals surface area (Å²) in [4.78, 5) is 11.7. The fourth-order valence-corrected chi connectivity index (χ4v) is 4.66. The Hall–Kier alpha value is -1.61. The molecule has 25 heavy (non-hydrogen) atoms. The predicted molar refractivity (Wildman–Crippen MR) is 86.7 cm³/mol. The number of nitrogens with zero attached hydrogens (tertiary/aromatic N) is 1. The molecule has 1 heterocycles. The van der Waals surface area contributed by atoms with Gasteiger partial charge in [0.25, 0.3) is 5.91 Å². The van der Waals surface area contributed by atoms with Crippen LogP contribution in [0.4, 0.5) is 13.2 Å². The average molecular weight is 378 g/mol. The van der Waals surface area contributed by atoms with Crippen molar-refractivity contribution in [2.45, 2.75) is 49.7 Å². The number of hydrogen-bond acceptors (Lipinski definition) is 3. The van der Waals surface area contributed by atoms with Crippen LogP contribution in [0.5, 0.6) is 0 Å². The zero-order valence-corrected chi connectivity index (χ0v) is 14.7. The number of amides is 1. The molecule has 1 aliphatic heterocycles. The van der Waals surface area contributed by atoms with E-state index in [0.717, 1.165) is 25.7 Å². The highest BCUT2D eigenvalue weighted by Crippen LogP contribution is 2.27. The first kappa shape index (κ1) is 19.7. The molecular formula is C16H21F3N2O3S. The summed E-state index contributed by atoms with van der Waals surface area (Å²) in [6.07, 6.45) is -1.18. The fourth-order valence-electron chi connectivity index (χ4n) is 2.89. The highest BCUT2D eigenvalue weighted by Gasteiger charge is 2.32. The largest absolute Gasteiger partial charge is 0.405 e. The second-order valence-electron chi connectivity index (χ2n) is 6.00. The molecule has 0 spiro atoms. The Balaban J connectivity index is 2.14. The molecule has 1 aromatic carbocycles. The predicted octanol–water partition coefficient (Wildman–Crippen LogP) is 2.93. The lowest BCUT2D eigenvalue weighted by Crippen LogP contribution is -2.43. The van der Waals surface area contributed by atoms with E-state index in [1.54, 1.807) is 5.32 Å². The first-order valence-corrected chi connectivity index (χ1v) is 9.56. The summed E-state index contributed by atoms with van der Waals surface area (Å²) in [5, 5.41) is 1.75. The number of nitrogens with one attached hydrogen (secondary N) is 1. The molecule has 5 nitrogen and oxygen atoms in total. The Kier molecular flexibility index (Phi) is 6.10. The van der Waals surface area contributed by atoms with E-state index in [2.05, 4.69) is 0 Å². The highest BCUT2D eigenvalue weighted by molar-refractivity contribution is 7.89. The number of piperidine rings is 1. The number of halogens is 3. The molecular weight excluding hydrogens is 357 g/mol. The van der Waals surface area contributed by atoms with Gasteiger partial charge in [-0.05, 0) is 43.5 Å². The Morgan fingerprint density at radius 1 is 1.24 bits per heavy atom. The van der Waals surface area contributed by atoms with Gasteiger partial charge in [-0.1, -0.05) is 13.3 Å². The van der Waals surface area contributed by atoms with Gasteiger partial charge < -0.3 is 5.32 Å². The zero-order chi connectivity index (χ0) is 18.7. The second kappa shape index (κ2) is 7.74. The van der Waals surface area contributed by atoms with E-state index in [9.17, 15) is 26.4 Å². The lowest BCUT2D eigenvalue weighted by atomic mass is 10.0. The average Bonchev–Trinajstić information content (AvgIpc) is 2.59. The van der Waals surface area contributed by atoms with Crippen molar-refractivity contribution in [1.82, 2.24) is 9.62 Å². The van der Waals surface area contributed by atoms with E-state index >= 15 is 0 Å². The van der Waals surface area contributed by atoms with Crippen LogP contribution in [-0.2, 0) is 10.0 Å². The van der Waals surface area contributed by atoms with Crippen LogP contribution in [-0.4, -0.2) is 43.9 Å². The van der Waals surface area contributed by atoms with Gasteiger partial charge in [0.1, 0.15) is 6.54 Å². The van der Waals surface area contributed by atoms with E-state index < -0.39 is 28.7 Å². The lowest BCUT2D eigenvalue weighted by molar-refractivity contribution is -0.123. The van der Waals surface area contributed by atoms with Gasteiger partial charge >= 0.3 is 6.18 Å². The Bertz CT molecular complexity index is 702. The van der Waals surface area contributed by atoms with Crippen LogP contribution in [0.3, 0.4) is 0 Å². The third-order valence-electron chi connectivity index (χ3n) is 4.22. The normalized spacial score (nSPS) is 19.6. The number of sulfonamides is 1. The van der Waals surface area contributed by atoms with Crippen molar-refractivity contribution in [1.29, 1.82) is 0 Å². The van der Waals surface area contributed by atoms with Gasteiger partial charge in [0, 0.05) is 18.2 Å². The van der Waals surface area contributed by atoms with Gasteiger partial charge in [-0.3, -0.25) is 4.79 Å². The number of benzene rings is 1. The van der Waals surface area contributed by atoms with Crippen molar-refractivity contribution >= 4 is 15.9 Å². The number of carbonyl (C=O) groups excluding carboxylic acids is 1. The minimum absolute atomic E-state index is 0.0196. The number of carbonyl (C=O) groups is 1. The van der Waals surface area contributed by atoms with Crippen molar-refractivity contribution < 1.29 is 26.4 Å². The van der Waals surface area contributed by atoms with Gasteiger partial charge in [-0.2, -0.15) is 17.5 Å². The molecule has 1 atom stereocenters. The molecule has 1 fully saturated rings. The Morgan fingerprint density at radius 2 is 1.88 bits per heavy atom. The molecule has 0 aliphatic carbocycles. The summed E-state index contributed by atoms with van der Waals surface area (Å²) >= 11 is 0. The van der Waals surface area contributed by atoms with Gasteiger partial charge in [-0.15, -0.1) is 0 Å². The molecule has 2 rings (SSSR count). The molecule has 140 valence electrons. The van der Waals surface area contributed by atoms with Crippen LogP contribution in [0.2, 0.25) is 0 Å². The molecule has 0 aromatic heterocycles. The Morgan fingerprint density at radius 3 is 2.44 bits per heavy atom. The van der Waals surface area contributed by atoms with Crippen molar-refractivity contribution in [3.63, 3.8) is 0 Å². The van der Waals surface area contributed by atoms with Gasteiger partial charge in [0.2, 0.25) is 10.0 Å². The molecule has 1 N–H and O–H groups in total. The molecule has 1 saturated heterocycles. The summed E-state index contributed by atoms with van der Waals surface area (Å²) in [5.74, 6) is -0.898. The smallest absolute Gasteiger partial charge is 0.343 e. The van der Waals surface area contributed by atoms with E-state index in [4.69, 9.17) is 0 Å². The van der Waals surface area contributed by atoms with Crippen LogP contribution >= 0.6 is 0 Å². The standard InChI is InChI=1S/C16H21F3N2O3S/c1-2-13-5-3-4-10-21(13)25(23,24)14-8-6-12(7-9-14)15(22)20-11-16(17,18)19/h6-9,13H,2-5,10-11H2,1H3,(H,20,22). The van der Waals surface area contributed by atoms with Crippen LogP contribution in [0, 0.1) is 0 Å². The van der Waals surface area contributed by atoms with E-state index in [0.29, 0.717) is 6.54 Å². The van der Waals surface area contributed by atoms with Crippen LogP contribution in [0.25, 0.3) is 0 Å². The first-order valence-electron chi connectivity index (χ1n) is 8.12. The first-order chi connectivity index (χ1) is 11.6. The topological polar surface area (TPSA) is 66.5 Å². The highest BCUT2D eigenvalue weighted by atomic mass is 32.2. The molecule has 9 heteroatoms. The maximum Gasteiger partial charge on any atom is 0.405 e. The van der Waals surface area contributed by atoms with E-state index in [1.165, 1.54) is 28.6 Å². The zero-order valence-electron chi connectivity index (χ0n) is 13.8. The summed E-state index contributed by atoms with van der Waals surface area (Å²) < 4.78 is 63.4. The number of hydrogen-bond donors (Lipinski definition) is 1. The minimum Gasteiger partial charge on any atom is -0.343 e. The van der Waals surface area contributed by atoms with Crippen LogP contribution in [0.1, 0.15) is 43.0 Å². The summed E-state index contributed by atoms with van der Waals surface area (Å²) in [6.45, 7) is 0.957.